The second kappa shape index (κ2) is 6.19. The van der Waals surface area contributed by atoms with Gasteiger partial charge in [-0.25, -0.2) is 4.39 Å². The lowest BCUT2D eigenvalue weighted by Gasteiger charge is -2.26. The smallest absolute Gasteiger partial charge is 0.146 e. The van der Waals surface area contributed by atoms with Crippen molar-refractivity contribution in [2.24, 2.45) is 11.7 Å². The first-order valence-corrected chi connectivity index (χ1v) is 6.91. The van der Waals surface area contributed by atoms with E-state index in [-0.39, 0.29) is 5.82 Å². The van der Waals surface area contributed by atoms with Gasteiger partial charge in [-0.2, -0.15) is 0 Å². The minimum Gasteiger partial charge on any atom is -0.372 e. The average molecular weight is 250 g/mol. The number of hydrogen-bond acceptors (Lipinski definition) is 2. The Morgan fingerprint density at radius 1 is 1.33 bits per heavy atom. The van der Waals surface area contributed by atoms with Crippen molar-refractivity contribution in [3.8, 4) is 0 Å². The minimum atomic E-state index is -0.124. The van der Waals surface area contributed by atoms with Gasteiger partial charge in [0.15, 0.2) is 0 Å². The van der Waals surface area contributed by atoms with E-state index in [0.717, 1.165) is 30.1 Å². The van der Waals surface area contributed by atoms with Gasteiger partial charge in [0.25, 0.3) is 0 Å². The summed E-state index contributed by atoms with van der Waals surface area (Å²) >= 11 is 0. The summed E-state index contributed by atoms with van der Waals surface area (Å²) in [7, 11) is 2.00. The number of hydrogen-bond donors (Lipinski definition) is 1. The van der Waals surface area contributed by atoms with Crippen molar-refractivity contribution in [2.45, 2.75) is 32.1 Å². The van der Waals surface area contributed by atoms with Crippen molar-refractivity contribution in [1.29, 1.82) is 0 Å². The van der Waals surface area contributed by atoms with Gasteiger partial charge in [-0.15, -0.1) is 0 Å². The Morgan fingerprint density at radius 3 is 2.72 bits per heavy atom. The average Bonchev–Trinajstić information content (AvgIpc) is 2.82. The number of rotatable bonds is 5. The Hall–Kier alpha value is -1.09. The molecule has 100 valence electrons. The highest BCUT2D eigenvalue weighted by atomic mass is 19.1. The molecule has 2 N–H and O–H groups in total. The van der Waals surface area contributed by atoms with Gasteiger partial charge in [0.2, 0.25) is 0 Å². The summed E-state index contributed by atoms with van der Waals surface area (Å²) in [6, 6.07) is 5.30. The molecule has 1 aromatic carbocycles. The molecule has 3 heteroatoms. The fourth-order valence-electron chi connectivity index (χ4n) is 3.02. The molecule has 1 saturated carbocycles. The second-order valence-electron chi connectivity index (χ2n) is 5.32. The number of halogens is 1. The Morgan fingerprint density at radius 2 is 2.06 bits per heavy atom. The fourth-order valence-corrected chi connectivity index (χ4v) is 3.02. The molecule has 0 heterocycles. The van der Waals surface area contributed by atoms with Gasteiger partial charge in [-0.05, 0) is 43.4 Å². The zero-order valence-electron chi connectivity index (χ0n) is 11.2. The molecule has 0 spiro atoms. The Kier molecular flexibility index (Phi) is 4.59. The van der Waals surface area contributed by atoms with Gasteiger partial charge in [-0.1, -0.05) is 25.0 Å². The Bertz CT molecular complexity index is 386. The number of nitrogens with zero attached hydrogens (tertiary/aromatic N) is 1. The zero-order chi connectivity index (χ0) is 13.0. The number of benzene rings is 1. The first-order chi connectivity index (χ1) is 8.72. The van der Waals surface area contributed by atoms with E-state index in [0.29, 0.717) is 6.54 Å². The van der Waals surface area contributed by atoms with Gasteiger partial charge in [-0.3, -0.25) is 0 Å². The van der Waals surface area contributed by atoms with E-state index in [1.807, 2.05) is 13.1 Å². The quantitative estimate of drug-likeness (QED) is 0.870. The molecule has 1 aromatic rings. The van der Waals surface area contributed by atoms with Gasteiger partial charge >= 0.3 is 0 Å². The molecule has 0 unspecified atom stereocenters. The van der Waals surface area contributed by atoms with Crippen LogP contribution in [-0.4, -0.2) is 20.1 Å². The summed E-state index contributed by atoms with van der Waals surface area (Å²) in [5.74, 6) is 0.599. The SMILES string of the molecule is CN(CC1CCCC1)c1c(F)cccc1CCN. The molecule has 1 aliphatic carbocycles. The van der Waals surface area contributed by atoms with E-state index in [1.165, 1.54) is 25.7 Å². The van der Waals surface area contributed by atoms with Crippen LogP contribution in [0.2, 0.25) is 0 Å². The van der Waals surface area contributed by atoms with Gasteiger partial charge in [0.05, 0.1) is 5.69 Å². The maximum absolute atomic E-state index is 14.0. The summed E-state index contributed by atoms with van der Waals surface area (Å²) in [5, 5.41) is 0. The van der Waals surface area contributed by atoms with Crippen LogP contribution in [0.4, 0.5) is 10.1 Å². The third-order valence-corrected chi connectivity index (χ3v) is 3.87. The van der Waals surface area contributed by atoms with E-state index < -0.39 is 0 Å². The largest absolute Gasteiger partial charge is 0.372 e. The van der Waals surface area contributed by atoms with E-state index >= 15 is 0 Å². The fraction of sp³-hybridized carbons (Fsp3) is 0.600. The van der Waals surface area contributed by atoms with Crippen LogP contribution in [0, 0.1) is 11.7 Å². The summed E-state index contributed by atoms with van der Waals surface area (Å²) in [6.45, 7) is 1.52. The van der Waals surface area contributed by atoms with Crippen molar-refractivity contribution >= 4 is 5.69 Å². The van der Waals surface area contributed by atoms with Crippen molar-refractivity contribution in [2.75, 3.05) is 25.0 Å². The maximum atomic E-state index is 14.0. The monoisotopic (exact) mass is 250 g/mol. The lowest BCUT2D eigenvalue weighted by atomic mass is 10.0. The molecule has 1 fully saturated rings. The van der Waals surface area contributed by atoms with E-state index in [2.05, 4.69) is 4.90 Å². The topological polar surface area (TPSA) is 29.3 Å². The van der Waals surface area contributed by atoms with Crippen molar-refractivity contribution in [1.82, 2.24) is 0 Å². The number of nitrogens with two attached hydrogens (primary N) is 1. The predicted molar refractivity (Wildman–Crippen MR) is 74.4 cm³/mol. The van der Waals surface area contributed by atoms with Gasteiger partial charge in [0, 0.05) is 13.6 Å². The number of para-hydroxylation sites is 1. The van der Waals surface area contributed by atoms with Crippen molar-refractivity contribution in [3.05, 3.63) is 29.6 Å². The van der Waals surface area contributed by atoms with Crippen LogP contribution < -0.4 is 10.6 Å². The Balaban J connectivity index is 2.14. The Labute approximate surface area is 109 Å². The molecule has 0 radical (unpaired) electrons. The first-order valence-electron chi connectivity index (χ1n) is 6.91. The molecule has 0 bridgehead atoms. The zero-order valence-corrected chi connectivity index (χ0v) is 11.2. The predicted octanol–water partition coefficient (Wildman–Crippen LogP) is 2.95. The van der Waals surface area contributed by atoms with Gasteiger partial charge < -0.3 is 10.6 Å². The highest BCUT2D eigenvalue weighted by Crippen LogP contribution is 2.29. The van der Waals surface area contributed by atoms with Crippen LogP contribution in [0.3, 0.4) is 0 Å². The summed E-state index contributed by atoms with van der Waals surface area (Å²) < 4.78 is 14.0. The molecule has 18 heavy (non-hydrogen) atoms. The molecular weight excluding hydrogens is 227 g/mol. The molecule has 1 aliphatic rings. The second-order valence-corrected chi connectivity index (χ2v) is 5.32. The van der Waals surface area contributed by atoms with Gasteiger partial charge in [0.1, 0.15) is 5.82 Å². The summed E-state index contributed by atoms with van der Waals surface area (Å²) in [4.78, 5) is 2.08. The van der Waals surface area contributed by atoms with Crippen LogP contribution in [0.5, 0.6) is 0 Å². The minimum absolute atomic E-state index is 0.124. The summed E-state index contributed by atoms with van der Waals surface area (Å²) in [5.41, 5.74) is 7.37. The summed E-state index contributed by atoms with van der Waals surface area (Å²) in [6.07, 6.45) is 5.95. The molecule has 0 saturated heterocycles. The highest BCUT2D eigenvalue weighted by molar-refractivity contribution is 5.54. The normalized spacial score (nSPS) is 16.2. The molecule has 2 rings (SSSR count). The van der Waals surface area contributed by atoms with Crippen LogP contribution in [-0.2, 0) is 6.42 Å². The van der Waals surface area contributed by atoms with Crippen LogP contribution >= 0.6 is 0 Å². The van der Waals surface area contributed by atoms with Crippen molar-refractivity contribution < 1.29 is 4.39 Å². The highest BCUT2D eigenvalue weighted by Gasteiger charge is 2.19. The third kappa shape index (κ3) is 3.02. The van der Waals surface area contributed by atoms with E-state index in [1.54, 1.807) is 12.1 Å². The van der Waals surface area contributed by atoms with E-state index in [9.17, 15) is 4.39 Å². The lowest BCUT2D eigenvalue weighted by molar-refractivity contribution is 0.537. The molecule has 0 aliphatic heterocycles. The van der Waals surface area contributed by atoms with Crippen LogP contribution in [0.25, 0.3) is 0 Å². The first kappa shape index (κ1) is 13.3. The number of anilines is 1. The molecule has 0 atom stereocenters. The molecule has 0 aromatic heterocycles. The molecule has 2 nitrogen and oxygen atoms in total. The lowest BCUT2D eigenvalue weighted by Crippen LogP contribution is -2.26. The van der Waals surface area contributed by atoms with Crippen LogP contribution in [0.15, 0.2) is 18.2 Å². The maximum Gasteiger partial charge on any atom is 0.146 e. The van der Waals surface area contributed by atoms with Crippen molar-refractivity contribution in [3.63, 3.8) is 0 Å². The van der Waals surface area contributed by atoms with E-state index in [4.69, 9.17) is 5.73 Å². The molecular formula is C15H23FN2. The standard InChI is InChI=1S/C15H23FN2/c1-18(11-12-5-2-3-6-12)15-13(9-10-17)7-4-8-14(15)16/h4,7-8,12H,2-3,5-6,9-11,17H2,1H3. The molecule has 0 amide bonds. The van der Waals surface area contributed by atoms with Crippen LogP contribution in [0.1, 0.15) is 31.2 Å². The third-order valence-electron chi connectivity index (χ3n) is 3.87.